The van der Waals surface area contributed by atoms with Gasteiger partial charge in [-0.1, -0.05) is 56.2 Å². The van der Waals surface area contributed by atoms with Crippen molar-refractivity contribution >= 4 is 22.6 Å². The summed E-state index contributed by atoms with van der Waals surface area (Å²) in [5, 5.41) is 7.45. The standard InChI is InChI=1S/C23H24FN3O4/c1-2-3-8-13-27-22(29)18-11-6-5-10-17(18)21(26-27)23(30)31-15-20(28)25-14-16-9-4-7-12-19(16)24/h4-7,9-12H,2-3,8,13-15H2,1H3,(H,25,28). The molecule has 2 aromatic carbocycles. The van der Waals surface area contributed by atoms with E-state index < -0.39 is 24.3 Å². The number of fused-ring (bicyclic) bond motifs is 1. The molecule has 0 spiro atoms. The van der Waals surface area contributed by atoms with Crippen LogP contribution in [0.15, 0.2) is 53.3 Å². The van der Waals surface area contributed by atoms with Crippen molar-refractivity contribution in [3.05, 3.63) is 76.0 Å². The molecule has 0 radical (unpaired) electrons. The van der Waals surface area contributed by atoms with Crippen molar-refractivity contribution in [3.63, 3.8) is 0 Å². The van der Waals surface area contributed by atoms with E-state index in [9.17, 15) is 18.8 Å². The molecule has 0 saturated carbocycles. The highest BCUT2D eigenvalue weighted by Gasteiger charge is 2.19. The number of ether oxygens (including phenoxy) is 1. The maximum atomic E-state index is 13.6. The number of carbonyl (C=O) groups excluding carboxylic acids is 2. The molecule has 0 fully saturated rings. The van der Waals surface area contributed by atoms with Gasteiger partial charge in [0.05, 0.1) is 5.39 Å². The van der Waals surface area contributed by atoms with Crippen LogP contribution in [0.3, 0.4) is 0 Å². The molecule has 1 aromatic heterocycles. The van der Waals surface area contributed by atoms with Crippen molar-refractivity contribution in [2.24, 2.45) is 0 Å². The number of rotatable bonds is 9. The second-order valence-corrected chi connectivity index (χ2v) is 7.07. The predicted molar refractivity (Wildman–Crippen MR) is 114 cm³/mol. The van der Waals surface area contributed by atoms with Crippen LogP contribution in [0.5, 0.6) is 0 Å². The van der Waals surface area contributed by atoms with Gasteiger partial charge in [0.25, 0.3) is 11.5 Å². The van der Waals surface area contributed by atoms with Crippen molar-refractivity contribution in [1.29, 1.82) is 0 Å². The summed E-state index contributed by atoms with van der Waals surface area (Å²) in [6.45, 7) is 1.88. The van der Waals surface area contributed by atoms with Crippen LogP contribution in [0.2, 0.25) is 0 Å². The summed E-state index contributed by atoms with van der Waals surface area (Å²) >= 11 is 0. The molecular weight excluding hydrogens is 401 g/mol. The molecule has 0 aliphatic carbocycles. The largest absolute Gasteiger partial charge is 0.451 e. The van der Waals surface area contributed by atoms with Gasteiger partial charge in [-0.2, -0.15) is 5.10 Å². The van der Waals surface area contributed by atoms with Gasteiger partial charge in [0, 0.05) is 24.0 Å². The first-order chi connectivity index (χ1) is 15.0. The molecule has 0 unspecified atom stereocenters. The van der Waals surface area contributed by atoms with Crippen LogP contribution in [0.25, 0.3) is 10.8 Å². The van der Waals surface area contributed by atoms with Crippen molar-refractivity contribution < 1.29 is 18.7 Å². The number of benzene rings is 2. The highest BCUT2D eigenvalue weighted by Crippen LogP contribution is 2.14. The summed E-state index contributed by atoms with van der Waals surface area (Å²) in [6, 6.07) is 12.7. The summed E-state index contributed by atoms with van der Waals surface area (Å²) in [5.41, 5.74) is 0.0356. The number of hydrogen-bond acceptors (Lipinski definition) is 5. The summed E-state index contributed by atoms with van der Waals surface area (Å²) in [4.78, 5) is 37.3. The van der Waals surface area contributed by atoms with Gasteiger partial charge in [-0.15, -0.1) is 0 Å². The zero-order valence-corrected chi connectivity index (χ0v) is 17.3. The molecule has 0 saturated heterocycles. The Morgan fingerprint density at radius 1 is 1.06 bits per heavy atom. The highest BCUT2D eigenvalue weighted by molar-refractivity contribution is 6.02. The Labute approximate surface area is 178 Å². The molecule has 3 aromatic rings. The number of nitrogens with zero attached hydrogens (tertiary/aromatic N) is 2. The van der Waals surface area contributed by atoms with Crippen LogP contribution in [0.1, 0.15) is 42.2 Å². The van der Waals surface area contributed by atoms with E-state index in [1.54, 1.807) is 42.5 Å². The van der Waals surface area contributed by atoms with E-state index >= 15 is 0 Å². The second-order valence-electron chi connectivity index (χ2n) is 7.07. The van der Waals surface area contributed by atoms with Gasteiger partial charge in [-0.3, -0.25) is 9.59 Å². The molecule has 0 aliphatic rings. The van der Waals surface area contributed by atoms with Gasteiger partial charge < -0.3 is 10.1 Å². The Balaban J connectivity index is 1.71. The van der Waals surface area contributed by atoms with E-state index in [1.807, 2.05) is 0 Å². The monoisotopic (exact) mass is 425 g/mol. The number of halogens is 1. The first kappa shape index (κ1) is 22.1. The summed E-state index contributed by atoms with van der Waals surface area (Å²) in [5.74, 6) is -1.81. The van der Waals surface area contributed by atoms with Gasteiger partial charge in [0.15, 0.2) is 12.3 Å². The molecule has 1 heterocycles. The number of carbonyl (C=O) groups is 2. The summed E-state index contributed by atoms with van der Waals surface area (Å²) in [6.07, 6.45) is 2.68. The van der Waals surface area contributed by atoms with Gasteiger partial charge in [0.1, 0.15) is 5.82 Å². The third-order valence-corrected chi connectivity index (χ3v) is 4.80. The third-order valence-electron chi connectivity index (χ3n) is 4.80. The van der Waals surface area contributed by atoms with E-state index in [1.165, 1.54) is 10.7 Å². The quantitative estimate of drug-likeness (QED) is 0.420. The fourth-order valence-corrected chi connectivity index (χ4v) is 3.14. The molecule has 0 aliphatic heterocycles. The molecule has 3 rings (SSSR count). The fraction of sp³-hybridized carbons (Fsp3) is 0.304. The van der Waals surface area contributed by atoms with E-state index in [0.29, 0.717) is 22.9 Å². The summed E-state index contributed by atoms with van der Waals surface area (Å²) in [7, 11) is 0. The maximum absolute atomic E-state index is 13.6. The van der Waals surface area contributed by atoms with Crippen molar-refractivity contribution in [1.82, 2.24) is 15.1 Å². The lowest BCUT2D eigenvalue weighted by atomic mass is 10.1. The van der Waals surface area contributed by atoms with Crippen LogP contribution in [-0.4, -0.2) is 28.3 Å². The van der Waals surface area contributed by atoms with E-state index in [2.05, 4.69) is 17.3 Å². The molecule has 0 atom stereocenters. The van der Waals surface area contributed by atoms with Crippen LogP contribution < -0.4 is 10.9 Å². The molecule has 1 amide bonds. The molecule has 162 valence electrons. The SMILES string of the molecule is CCCCCn1nc(C(=O)OCC(=O)NCc2ccccc2F)c2ccccc2c1=O. The van der Waals surface area contributed by atoms with Crippen molar-refractivity contribution in [2.75, 3.05) is 6.61 Å². The fourth-order valence-electron chi connectivity index (χ4n) is 3.14. The average molecular weight is 425 g/mol. The molecule has 8 heteroatoms. The molecule has 7 nitrogen and oxygen atoms in total. The third kappa shape index (κ3) is 5.53. The minimum atomic E-state index is -0.804. The highest BCUT2D eigenvalue weighted by atomic mass is 19.1. The van der Waals surface area contributed by atoms with Gasteiger partial charge in [-0.25, -0.2) is 13.9 Å². The van der Waals surface area contributed by atoms with Crippen LogP contribution in [-0.2, 0) is 22.6 Å². The van der Waals surface area contributed by atoms with E-state index in [0.717, 1.165) is 19.3 Å². The molecule has 1 N–H and O–H groups in total. The zero-order chi connectivity index (χ0) is 22.2. The Hall–Kier alpha value is -3.55. The smallest absolute Gasteiger partial charge is 0.359 e. The number of aromatic nitrogens is 2. The lowest BCUT2D eigenvalue weighted by Crippen LogP contribution is -2.30. The lowest BCUT2D eigenvalue weighted by molar-refractivity contribution is -0.124. The van der Waals surface area contributed by atoms with Crippen molar-refractivity contribution in [2.45, 2.75) is 39.3 Å². The average Bonchev–Trinajstić information content (AvgIpc) is 2.78. The molecule has 0 bridgehead atoms. The predicted octanol–water partition coefficient (Wildman–Crippen LogP) is 3.20. The Morgan fingerprint density at radius 2 is 1.77 bits per heavy atom. The van der Waals surface area contributed by atoms with Crippen LogP contribution in [0.4, 0.5) is 4.39 Å². The number of unbranched alkanes of at least 4 members (excludes halogenated alkanes) is 2. The van der Waals surface area contributed by atoms with Crippen LogP contribution >= 0.6 is 0 Å². The number of esters is 1. The number of amides is 1. The normalized spacial score (nSPS) is 10.8. The topological polar surface area (TPSA) is 90.3 Å². The minimum absolute atomic E-state index is 0.0198. The first-order valence-electron chi connectivity index (χ1n) is 10.2. The summed E-state index contributed by atoms with van der Waals surface area (Å²) < 4.78 is 20.0. The first-order valence-corrected chi connectivity index (χ1v) is 10.2. The number of aryl methyl sites for hydroxylation is 1. The van der Waals surface area contributed by atoms with Crippen LogP contribution in [0, 0.1) is 5.82 Å². The van der Waals surface area contributed by atoms with Gasteiger partial charge in [-0.05, 0) is 18.6 Å². The van der Waals surface area contributed by atoms with E-state index in [4.69, 9.17) is 4.74 Å². The Morgan fingerprint density at radius 3 is 2.52 bits per heavy atom. The molecule has 31 heavy (non-hydrogen) atoms. The minimum Gasteiger partial charge on any atom is -0.451 e. The van der Waals surface area contributed by atoms with E-state index in [-0.39, 0.29) is 17.8 Å². The second kappa shape index (κ2) is 10.5. The number of hydrogen-bond donors (Lipinski definition) is 1. The number of nitrogens with one attached hydrogen (secondary N) is 1. The Bertz CT molecular complexity index is 1140. The Kier molecular flexibility index (Phi) is 7.48. The van der Waals surface area contributed by atoms with Gasteiger partial charge in [0.2, 0.25) is 0 Å². The lowest BCUT2D eigenvalue weighted by Gasteiger charge is -2.11. The van der Waals surface area contributed by atoms with Crippen molar-refractivity contribution in [3.8, 4) is 0 Å². The molecular formula is C23H24FN3O4. The van der Waals surface area contributed by atoms with Gasteiger partial charge >= 0.3 is 5.97 Å². The maximum Gasteiger partial charge on any atom is 0.359 e. The zero-order valence-electron chi connectivity index (χ0n) is 17.3.